The highest BCUT2D eigenvalue weighted by Crippen LogP contribution is 2.27. The fourth-order valence-corrected chi connectivity index (χ4v) is 2.95. The number of nitrogens with zero attached hydrogens (tertiary/aromatic N) is 1. The maximum Gasteiger partial charge on any atom is 0.236 e. The summed E-state index contributed by atoms with van der Waals surface area (Å²) in [6.07, 6.45) is 0. The highest BCUT2D eigenvalue weighted by Gasteiger charge is 2.32. The fraction of sp³-hybridized carbons (Fsp3) is 0.588. The van der Waals surface area contributed by atoms with E-state index in [0.717, 1.165) is 18.7 Å². The van der Waals surface area contributed by atoms with Crippen molar-refractivity contribution in [3.05, 3.63) is 34.9 Å². The molecule has 2 rings (SSSR count). The Labute approximate surface area is 155 Å². The number of nitrogens with two attached hydrogens (primary N) is 1. The normalized spacial score (nSPS) is 19.9. The molecule has 0 radical (unpaired) electrons. The molecular formula is C17H27Cl2N3O2. The van der Waals surface area contributed by atoms with Crippen LogP contribution in [0.1, 0.15) is 32.4 Å². The van der Waals surface area contributed by atoms with Crippen LogP contribution in [0.2, 0.25) is 5.02 Å². The van der Waals surface area contributed by atoms with Gasteiger partial charge in [0, 0.05) is 24.7 Å². The molecule has 2 unspecified atom stereocenters. The van der Waals surface area contributed by atoms with Crippen molar-refractivity contribution in [2.45, 2.75) is 38.5 Å². The minimum Gasteiger partial charge on any atom is -0.373 e. The van der Waals surface area contributed by atoms with Crippen LogP contribution in [0.25, 0.3) is 0 Å². The fourth-order valence-electron chi connectivity index (χ4n) is 2.82. The number of rotatable bonds is 5. The molecule has 1 saturated heterocycles. The molecule has 1 fully saturated rings. The van der Waals surface area contributed by atoms with Gasteiger partial charge in [-0.15, -0.1) is 12.4 Å². The molecule has 1 heterocycles. The number of benzene rings is 1. The SMILES string of the molecule is CC(N)C(=O)NCC(c1ccc(Cl)cc1)N1CCOC(C)(C)C1.Cl. The molecule has 0 bridgehead atoms. The summed E-state index contributed by atoms with van der Waals surface area (Å²) < 4.78 is 5.79. The first-order chi connectivity index (χ1) is 10.8. The van der Waals surface area contributed by atoms with Gasteiger partial charge in [-0.3, -0.25) is 9.69 Å². The zero-order valence-corrected chi connectivity index (χ0v) is 16.0. The predicted molar refractivity (Wildman–Crippen MR) is 99.7 cm³/mol. The Kier molecular flexibility index (Phi) is 7.96. The van der Waals surface area contributed by atoms with Crippen molar-refractivity contribution in [3.8, 4) is 0 Å². The van der Waals surface area contributed by atoms with Gasteiger partial charge in [0.25, 0.3) is 0 Å². The van der Waals surface area contributed by atoms with E-state index < -0.39 is 6.04 Å². The smallest absolute Gasteiger partial charge is 0.236 e. The lowest BCUT2D eigenvalue weighted by molar-refractivity contribution is -0.123. The molecule has 24 heavy (non-hydrogen) atoms. The molecule has 0 spiro atoms. The second-order valence-electron chi connectivity index (χ2n) is 6.68. The van der Waals surface area contributed by atoms with Gasteiger partial charge in [0.1, 0.15) is 0 Å². The first kappa shape index (κ1) is 21.2. The van der Waals surface area contributed by atoms with E-state index in [1.54, 1.807) is 6.92 Å². The van der Waals surface area contributed by atoms with Crippen molar-refractivity contribution in [2.24, 2.45) is 5.73 Å². The molecule has 3 N–H and O–H groups in total. The summed E-state index contributed by atoms with van der Waals surface area (Å²) in [6.45, 7) is 8.66. The monoisotopic (exact) mass is 375 g/mol. The number of carbonyl (C=O) groups excluding carboxylic acids is 1. The molecule has 0 saturated carbocycles. The first-order valence-electron chi connectivity index (χ1n) is 7.95. The average Bonchev–Trinajstić information content (AvgIpc) is 2.48. The van der Waals surface area contributed by atoms with Crippen LogP contribution in [0.4, 0.5) is 0 Å². The Bertz CT molecular complexity index is 535. The van der Waals surface area contributed by atoms with Crippen LogP contribution in [-0.4, -0.2) is 48.7 Å². The lowest BCUT2D eigenvalue weighted by Gasteiger charge is -2.42. The van der Waals surface area contributed by atoms with Crippen molar-refractivity contribution in [2.75, 3.05) is 26.2 Å². The Morgan fingerprint density at radius 3 is 2.58 bits per heavy atom. The van der Waals surface area contributed by atoms with Gasteiger partial charge >= 0.3 is 0 Å². The summed E-state index contributed by atoms with van der Waals surface area (Å²) in [4.78, 5) is 14.2. The lowest BCUT2D eigenvalue weighted by Crippen LogP contribution is -2.52. The van der Waals surface area contributed by atoms with E-state index in [4.69, 9.17) is 22.1 Å². The van der Waals surface area contributed by atoms with Crippen LogP contribution < -0.4 is 11.1 Å². The lowest BCUT2D eigenvalue weighted by atomic mass is 10.0. The standard InChI is InChI=1S/C17H26ClN3O2.ClH/c1-12(19)16(22)20-10-15(13-4-6-14(18)7-5-13)21-8-9-23-17(2,3)11-21;/h4-7,12,15H,8-11,19H2,1-3H3,(H,20,22);1H. The molecule has 1 amide bonds. The van der Waals surface area contributed by atoms with Gasteiger partial charge in [0.2, 0.25) is 5.91 Å². The van der Waals surface area contributed by atoms with Crippen LogP contribution in [-0.2, 0) is 9.53 Å². The summed E-state index contributed by atoms with van der Waals surface area (Å²) in [5.41, 5.74) is 6.56. The molecule has 7 heteroatoms. The molecule has 1 aromatic rings. The van der Waals surface area contributed by atoms with Gasteiger partial charge in [-0.05, 0) is 38.5 Å². The molecule has 136 valence electrons. The van der Waals surface area contributed by atoms with E-state index in [1.165, 1.54) is 0 Å². The number of amides is 1. The van der Waals surface area contributed by atoms with Gasteiger partial charge in [0.15, 0.2) is 0 Å². The van der Waals surface area contributed by atoms with E-state index in [2.05, 4.69) is 24.1 Å². The molecule has 5 nitrogen and oxygen atoms in total. The largest absolute Gasteiger partial charge is 0.373 e. The van der Waals surface area contributed by atoms with Crippen molar-refractivity contribution in [3.63, 3.8) is 0 Å². The molecule has 1 aliphatic heterocycles. The van der Waals surface area contributed by atoms with E-state index in [0.29, 0.717) is 18.2 Å². The number of carbonyl (C=O) groups is 1. The van der Waals surface area contributed by atoms with E-state index >= 15 is 0 Å². The number of halogens is 2. The first-order valence-corrected chi connectivity index (χ1v) is 8.33. The minimum atomic E-state index is -0.512. The molecule has 0 aromatic heterocycles. The van der Waals surface area contributed by atoms with Crippen molar-refractivity contribution in [1.82, 2.24) is 10.2 Å². The number of nitrogens with one attached hydrogen (secondary N) is 1. The van der Waals surface area contributed by atoms with Crippen LogP contribution in [0.15, 0.2) is 24.3 Å². The zero-order valence-electron chi connectivity index (χ0n) is 14.4. The highest BCUT2D eigenvalue weighted by molar-refractivity contribution is 6.30. The minimum absolute atomic E-state index is 0. The third kappa shape index (κ3) is 5.90. The van der Waals surface area contributed by atoms with Crippen LogP contribution in [0.3, 0.4) is 0 Å². The average molecular weight is 376 g/mol. The third-order valence-corrected chi connectivity index (χ3v) is 4.29. The summed E-state index contributed by atoms with van der Waals surface area (Å²) in [5.74, 6) is -0.142. The quantitative estimate of drug-likeness (QED) is 0.828. The number of ether oxygens (including phenoxy) is 1. The van der Waals surface area contributed by atoms with Gasteiger partial charge in [0.05, 0.1) is 24.3 Å². The van der Waals surface area contributed by atoms with Crippen molar-refractivity contribution in [1.29, 1.82) is 0 Å². The van der Waals surface area contributed by atoms with Crippen LogP contribution >= 0.6 is 24.0 Å². The van der Waals surface area contributed by atoms with Gasteiger partial charge < -0.3 is 15.8 Å². The molecule has 2 atom stereocenters. The Morgan fingerprint density at radius 2 is 2.04 bits per heavy atom. The number of morpholine rings is 1. The maximum absolute atomic E-state index is 11.8. The van der Waals surface area contributed by atoms with E-state index in [9.17, 15) is 4.79 Å². The summed E-state index contributed by atoms with van der Waals surface area (Å²) in [6, 6.07) is 7.33. The number of hydrogen-bond donors (Lipinski definition) is 2. The Morgan fingerprint density at radius 1 is 1.42 bits per heavy atom. The Balaban J connectivity index is 0.00000288. The summed E-state index contributed by atoms with van der Waals surface area (Å²) in [7, 11) is 0. The summed E-state index contributed by atoms with van der Waals surface area (Å²) >= 11 is 6.00. The predicted octanol–water partition coefficient (Wildman–Crippen LogP) is 2.38. The van der Waals surface area contributed by atoms with Crippen molar-refractivity contribution < 1.29 is 9.53 Å². The van der Waals surface area contributed by atoms with Gasteiger partial charge in [-0.25, -0.2) is 0 Å². The Hall–Kier alpha value is -0.850. The van der Waals surface area contributed by atoms with E-state index in [-0.39, 0.29) is 30.0 Å². The molecule has 1 aromatic carbocycles. The topological polar surface area (TPSA) is 67.6 Å². The zero-order chi connectivity index (χ0) is 17.0. The number of hydrogen-bond acceptors (Lipinski definition) is 4. The third-order valence-electron chi connectivity index (χ3n) is 4.03. The van der Waals surface area contributed by atoms with E-state index in [1.807, 2.05) is 24.3 Å². The second-order valence-corrected chi connectivity index (χ2v) is 7.12. The summed E-state index contributed by atoms with van der Waals surface area (Å²) in [5, 5.41) is 3.64. The van der Waals surface area contributed by atoms with Crippen LogP contribution in [0, 0.1) is 0 Å². The van der Waals surface area contributed by atoms with Gasteiger partial charge in [-0.2, -0.15) is 0 Å². The molecular weight excluding hydrogens is 349 g/mol. The van der Waals surface area contributed by atoms with Crippen LogP contribution in [0.5, 0.6) is 0 Å². The van der Waals surface area contributed by atoms with Crippen molar-refractivity contribution >= 4 is 29.9 Å². The second kappa shape index (κ2) is 9.02. The molecule has 1 aliphatic rings. The highest BCUT2D eigenvalue weighted by atomic mass is 35.5. The van der Waals surface area contributed by atoms with Gasteiger partial charge in [-0.1, -0.05) is 23.7 Å². The molecule has 0 aliphatic carbocycles. The maximum atomic E-state index is 11.8.